The fourth-order valence-corrected chi connectivity index (χ4v) is 2.28. The Morgan fingerprint density at radius 1 is 1.27 bits per heavy atom. The molecule has 3 unspecified atom stereocenters. The molecular weight excluding hydrogens is 288 g/mol. The van der Waals surface area contributed by atoms with Crippen LogP contribution in [0.2, 0.25) is 0 Å². The van der Waals surface area contributed by atoms with E-state index < -0.39 is 17.9 Å². The number of hydrogen-bond donors (Lipinski definition) is 3. The summed E-state index contributed by atoms with van der Waals surface area (Å²) in [7, 11) is 0. The normalized spacial score (nSPS) is 20.2. The molecule has 0 aliphatic carbocycles. The van der Waals surface area contributed by atoms with E-state index >= 15 is 0 Å². The van der Waals surface area contributed by atoms with E-state index in [1.807, 2.05) is 6.92 Å². The Bertz CT molecular complexity index is 393. The molecule has 1 heterocycles. The molecule has 0 radical (unpaired) electrons. The van der Waals surface area contributed by atoms with Crippen LogP contribution in [0, 0.1) is 5.92 Å². The van der Waals surface area contributed by atoms with Gasteiger partial charge in [-0.15, -0.1) is 0 Å². The minimum Gasteiger partial charge on any atom is -0.480 e. The first-order chi connectivity index (χ1) is 10.4. The summed E-state index contributed by atoms with van der Waals surface area (Å²) in [6.07, 6.45) is 2.70. The first-order valence-electron chi connectivity index (χ1n) is 7.84. The summed E-state index contributed by atoms with van der Waals surface area (Å²) in [5.41, 5.74) is 0. The van der Waals surface area contributed by atoms with Gasteiger partial charge in [-0.2, -0.15) is 0 Å². The highest BCUT2D eigenvalue weighted by Gasteiger charge is 2.25. The maximum absolute atomic E-state index is 11.8. The minimum atomic E-state index is -1.05. The fraction of sp³-hybridized carbons (Fsp3) is 0.800. The van der Waals surface area contributed by atoms with Crippen molar-refractivity contribution in [2.45, 2.75) is 58.1 Å². The van der Waals surface area contributed by atoms with E-state index in [4.69, 9.17) is 9.84 Å². The molecule has 126 valence electrons. The van der Waals surface area contributed by atoms with Crippen LogP contribution in [0.1, 0.15) is 46.0 Å². The predicted octanol–water partition coefficient (Wildman–Crippen LogP) is 0.677. The van der Waals surface area contributed by atoms with Gasteiger partial charge in [-0.05, 0) is 18.8 Å². The van der Waals surface area contributed by atoms with E-state index in [0.29, 0.717) is 13.0 Å². The number of nitrogens with one attached hydrogen (secondary N) is 2. The molecule has 3 atom stereocenters. The summed E-state index contributed by atoms with van der Waals surface area (Å²) >= 11 is 0. The van der Waals surface area contributed by atoms with Gasteiger partial charge in [-0.1, -0.05) is 20.3 Å². The molecule has 7 heteroatoms. The third kappa shape index (κ3) is 6.43. The standard InChI is InChI=1S/C15H26N2O5/c1-3-10(2)14(15(20)21)17-13(19)7-6-12(18)16-9-11-5-4-8-22-11/h10-11,14H,3-9H2,1-2H3,(H,16,18)(H,17,19)(H,20,21). The monoisotopic (exact) mass is 314 g/mol. The first-order valence-corrected chi connectivity index (χ1v) is 7.84. The molecule has 1 fully saturated rings. The average Bonchev–Trinajstić information content (AvgIpc) is 3.00. The molecule has 1 aliphatic rings. The lowest BCUT2D eigenvalue weighted by Crippen LogP contribution is -2.45. The fourth-order valence-electron chi connectivity index (χ4n) is 2.28. The number of aliphatic carboxylic acids is 1. The summed E-state index contributed by atoms with van der Waals surface area (Å²) in [5.74, 6) is -1.85. The lowest BCUT2D eigenvalue weighted by Gasteiger charge is -2.20. The maximum atomic E-state index is 11.8. The Balaban J connectivity index is 2.25. The zero-order chi connectivity index (χ0) is 16.5. The third-order valence-electron chi connectivity index (χ3n) is 3.93. The van der Waals surface area contributed by atoms with Gasteiger partial charge in [-0.3, -0.25) is 9.59 Å². The van der Waals surface area contributed by atoms with Gasteiger partial charge in [-0.25, -0.2) is 4.79 Å². The van der Waals surface area contributed by atoms with E-state index in [0.717, 1.165) is 19.4 Å². The van der Waals surface area contributed by atoms with Crippen molar-refractivity contribution in [2.75, 3.05) is 13.2 Å². The van der Waals surface area contributed by atoms with Crippen LogP contribution in [0.3, 0.4) is 0 Å². The molecular formula is C15H26N2O5. The smallest absolute Gasteiger partial charge is 0.326 e. The predicted molar refractivity (Wildman–Crippen MR) is 80.2 cm³/mol. The number of carbonyl (C=O) groups excluding carboxylic acids is 2. The van der Waals surface area contributed by atoms with E-state index in [1.165, 1.54) is 0 Å². The molecule has 7 nitrogen and oxygen atoms in total. The molecule has 0 aromatic rings. The highest BCUT2D eigenvalue weighted by Crippen LogP contribution is 2.11. The molecule has 1 rings (SSSR count). The summed E-state index contributed by atoms with van der Waals surface area (Å²) < 4.78 is 5.39. The zero-order valence-corrected chi connectivity index (χ0v) is 13.3. The van der Waals surface area contributed by atoms with E-state index in [-0.39, 0.29) is 30.8 Å². The average molecular weight is 314 g/mol. The Labute approximate surface area is 130 Å². The summed E-state index contributed by atoms with van der Waals surface area (Å²) in [6, 6.07) is -0.910. The van der Waals surface area contributed by atoms with Crippen molar-refractivity contribution < 1.29 is 24.2 Å². The van der Waals surface area contributed by atoms with Gasteiger partial charge in [0.1, 0.15) is 6.04 Å². The van der Waals surface area contributed by atoms with Crippen molar-refractivity contribution in [3.63, 3.8) is 0 Å². The van der Waals surface area contributed by atoms with Crippen LogP contribution in [0.25, 0.3) is 0 Å². The first kappa shape index (κ1) is 18.4. The van der Waals surface area contributed by atoms with Crippen molar-refractivity contribution in [3.8, 4) is 0 Å². The molecule has 0 spiro atoms. The van der Waals surface area contributed by atoms with Gasteiger partial charge in [0.15, 0.2) is 0 Å². The Morgan fingerprint density at radius 3 is 2.50 bits per heavy atom. The number of carboxylic acids is 1. The van der Waals surface area contributed by atoms with Crippen molar-refractivity contribution in [1.82, 2.24) is 10.6 Å². The minimum absolute atomic E-state index is 0.0163. The highest BCUT2D eigenvalue weighted by atomic mass is 16.5. The summed E-state index contributed by atoms with van der Waals surface area (Å²) in [4.78, 5) is 34.5. The largest absolute Gasteiger partial charge is 0.480 e. The van der Waals surface area contributed by atoms with Gasteiger partial charge in [0.25, 0.3) is 0 Å². The molecule has 0 aromatic heterocycles. The van der Waals surface area contributed by atoms with Crippen LogP contribution < -0.4 is 10.6 Å². The van der Waals surface area contributed by atoms with E-state index in [2.05, 4.69) is 10.6 Å². The van der Waals surface area contributed by atoms with Crippen LogP contribution >= 0.6 is 0 Å². The van der Waals surface area contributed by atoms with Crippen LogP contribution in [0.5, 0.6) is 0 Å². The van der Waals surface area contributed by atoms with Crippen LogP contribution in [-0.4, -0.2) is 48.2 Å². The molecule has 3 N–H and O–H groups in total. The molecule has 0 saturated carbocycles. The maximum Gasteiger partial charge on any atom is 0.326 e. The van der Waals surface area contributed by atoms with Crippen LogP contribution in [0.15, 0.2) is 0 Å². The van der Waals surface area contributed by atoms with Gasteiger partial charge < -0.3 is 20.5 Å². The van der Waals surface area contributed by atoms with Crippen molar-refractivity contribution in [3.05, 3.63) is 0 Å². The van der Waals surface area contributed by atoms with Crippen LogP contribution in [-0.2, 0) is 19.1 Å². The molecule has 2 amide bonds. The van der Waals surface area contributed by atoms with Crippen molar-refractivity contribution in [2.24, 2.45) is 5.92 Å². The number of hydrogen-bond acceptors (Lipinski definition) is 4. The van der Waals surface area contributed by atoms with Gasteiger partial charge in [0, 0.05) is 26.0 Å². The van der Waals surface area contributed by atoms with Crippen molar-refractivity contribution >= 4 is 17.8 Å². The lowest BCUT2D eigenvalue weighted by molar-refractivity contribution is -0.143. The Kier molecular flexibility index (Phi) is 7.87. The molecule has 1 aliphatic heterocycles. The topological polar surface area (TPSA) is 105 Å². The van der Waals surface area contributed by atoms with Gasteiger partial charge >= 0.3 is 5.97 Å². The molecule has 0 aromatic carbocycles. The SMILES string of the molecule is CCC(C)C(NC(=O)CCC(=O)NCC1CCCO1)C(=O)O. The molecule has 0 bridgehead atoms. The summed E-state index contributed by atoms with van der Waals surface area (Å²) in [5, 5.41) is 14.3. The quantitative estimate of drug-likeness (QED) is 0.580. The van der Waals surface area contributed by atoms with Crippen molar-refractivity contribution in [1.29, 1.82) is 0 Å². The molecule has 1 saturated heterocycles. The second-order valence-corrected chi connectivity index (χ2v) is 5.71. The summed E-state index contributed by atoms with van der Waals surface area (Å²) in [6.45, 7) is 4.83. The molecule has 22 heavy (non-hydrogen) atoms. The number of amides is 2. The number of carbonyl (C=O) groups is 3. The van der Waals surface area contributed by atoms with E-state index in [9.17, 15) is 14.4 Å². The van der Waals surface area contributed by atoms with E-state index in [1.54, 1.807) is 6.92 Å². The second kappa shape index (κ2) is 9.40. The second-order valence-electron chi connectivity index (χ2n) is 5.71. The number of carboxylic acid groups (broad SMARTS) is 1. The third-order valence-corrected chi connectivity index (χ3v) is 3.93. The highest BCUT2D eigenvalue weighted by molar-refractivity contribution is 5.87. The van der Waals surface area contributed by atoms with Gasteiger partial charge in [0.2, 0.25) is 11.8 Å². The Morgan fingerprint density at radius 2 is 1.95 bits per heavy atom. The number of rotatable bonds is 9. The lowest BCUT2D eigenvalue weighted by atomic mass is 9.99. The van der Waals surface area contributed by atoms with Gasteiger partial charge in [0.05, 0.1) is 6.10 Å². The number of ether oxygens (including phenoxy) is 1. The van der Waals surface area contributed by atoms with Crippen LogP contribution in [0.4, 0.5) is 0 Å². The zero-order valence-electron chi connectivity index (χ0n) is 13.3. The Hall–Kier alpha value is -1.63.